The van der Waals surface area contributed by atoms with Crippen molar-refractivity contribution in [1.29, 1.82) is 0 Å². The van der Waals surface area contributed by atoms with Gasteiger partial charge in [0.1, 0.15) is 0 Å². The first kappa shape index (κ1) is 19.7. The van der Waals surface area contributed by atoms with Crippen LogP contribution in [0.2, 0.25) is 0 Å². The predicted octanol–water partition coefficient (Wildman–Crippen LogP) is 2.00. The van der Waals surface area contributed by atoms with Crippen molar-refractivity contribution in [2.75, 3.05) is 26.7 Å². The van der Waals surface area contributed by atoms with Gasteiger partial charge in [-0.2, -0.15) is 0 Å². The van der Waals surface area contributed by atoms with Gasteiger partial charge in [-0.05, 0) is 25.0 Å². The Balaban J connectivity index is 0.00000400. The molecule has 0 saturated carbocycles. The lowest BCUT2D eigenvalue weighted by Gasteiger charge is -2.11. The summed E-state index contributed by atoms with van der Waals surface area (Å²) in [6, 6.07) is 9.24. The average Bonchev–Trinajstić information content (AvgIpc) is 2.50. The molecular formula is C15H25IN4O. The van der Waals surface area contributed by atoms with Gasteiger partial charge in [0.25, 0.3) is 5.91 Å². The van der Waals surface area contributed by atoms with E-state index < -0.39 is 0 Å². The molecule has 0 heterocycles. The molecule has 1 rings (SSSR count). The minimum atomic E-state index is -0.0286. The standard InChI is InChI=1S/C15H24N4O.HI/c1-3-10-18-15(16-2)19-12-7-11-17-14(20)13-8-5-4-6-9-13;/h4-6,8-9H,3,7,10-12H2,1-2H3,(H,17,20)(H2,16,18,19);1H. The second kappa shape index (κ2) is 12.4. The van der Waals surface area contributed by atoms with Crippen LogP contribution in [-0.2, 0) is 0 Å². The molecule has 0 aliphatic heterocycles. The highest BCUT2D eigenvalue weighted by Gasteiger charge is 2.02. The van der Waals surface area contributed by atoms with E-state index in [9.17, 15) is 4.79 Å². The smallest absolute Gasteiger partial charge is 0.251 e. The quantitative estimate of drug-likeness (QED) is 0.282. The number of hydrogen-bond acceptors (Lipinski definition) is 2. The monoisotopic (exact) mass is 404 g/mol. The molecule has 0 saturated heterocycles. The van der Waals surface area contributed by atoms with Gasteiger partial charge < -0.3 is 16.0 Å². The maximum absolute atomic E-state index is 11.8. The SMILES string of the molecule is CCCNC(=NC)NCCCNC(=O)c1ccccc1.I. The third kappa shape index (κ3) is 8.54. The summed E-state index contributed by atoms with van der Waals surface area (Å²) in [5, 5.41) is 9.30. The van der Waals surface area contributed by atoms with E-state index in [4.69, 9.17) is 0 Å². The number of rotatable bonds is 7. The second-order valence-corrected chi connectivity index (χ2v) is 4.40. The molecule has 0 unspecified atom stereocenters. The highest BCUT2D eigenvalue weighted by atomic mass is 127. The maximum Gasteiger partial charge on any atom is 0.251 e. The van der Waals surface area contributed by atoms with Crippen molar-refractivity contribution in [3.63, 3.8) is 0 Å². The molecule has 0 fully saturated rings. The molecule has 118 valence electrons. The number of hydrogen-bond donors (Lipinski definition) is 3. The molecule has 21 heavy (non-hydrogen) atoms. The molecule has 1 amide bonds. The lowest BCUT2D eigenvalue weighted by Crippen LogP contribution is -2.39. The van der Waals surface area contributed by atoms with Crippen molar-refractivity contribution in [2.24, 2.45) is 4.99 Å². The summed E-state index contributed by atoms with van der Waals surface area (Å²) in [5.74, 6) is 0.778. The van der Waals surface area contributed by atoms with E-state index in [1.54, 1.807) is 7.05 Å². The van der Waals surface area contributed by atoms with E-state index in [-0.39, 0.29) is 29.9 Å². The van der Waals surface area contributed by atoms with Crippen molar-refractivity contribution >= 4 is 35.8 Å². The van der Waals surface area contributed by atoms with Crippen LogP contribution in [0.4, 0.5) is 0 Å². The fourth-order valence-corrected chi connectivity index (χ4v) is 1.65. The zero-order valence-corrected chi connectivity index (χ0v) is 15.0. The number of amides is 1. The van der Waals surface area contributed by atoms with Crippen LogP contribution in [0.1, 0.15) is 30.1 Å². The van der Waals surface area contributed by atoms with E-state index >= 15 is 0 Å². The molecule has 0 radical (unpaired) electrons. The lowest BCUT2D eigenvalue weighted by atomic mass is 10.2. The van der Waals surface area contributed by atoms with E-state index in [2.05, 4.69) is 27.9 Å². The summed E-state index contributed by atoms with van der Waals surface area (Å²) in [6.07, 6.45) is 1.92. The predicted molar refractivity (Wildman–Crippen MR) is 98.5 cm³/mol. The van der Waals surface area contributed by atoms with E-state index in [0.717, 1.165) is 31.9 Å². The summed E-state index contributed by atoms with van der Waals surface area (Å²) in [6.45, 7) is 4.44. The summed E-state index contributed by atoms with van der Waals surface area (Å²) >= 11 is 0. The Morgan fingerprint density at radius 2 is 1.67 bits per heavy atom. The van der Waals surface area contributed by atoms with Crippen LogP contribution in [0, 0.1) is 0 Å². The molecule has 3 N–H and O–H groups in total. The first-order valence-electron chi connectivity index (χ1n) is 7.05. The van der Waals surface area contributed by atoms with Gasteiger partial charge in [-0.25, -0.2) is 0 Å². The fraction of sp³-hybridized carbons (Fsp3) is 0.467. The number of nitrogens with zero attached hydrogens (tertiary/aromatic N) is 1. The highest BCUT2D eigenvalue weighted by Crippen LogP contribution is 1.97. The Hall–Kier alpha value is -1.31. The van der Waals surface area contributed by atoms with Crippen LogP contribution in [0.3, 0.4) is 0 Å². The van der Waals surface area contributed by atoms with Crippen molar-refractivity contribution in [3.8, 4) is 0 Å². The molecule has 5 nitrogen and oxygen atoms in total. The van der Waals surface area contributed by atoms with Crippen LogP contribution in [0.5, 0.6) is 0 Å². The van der Waals surface area contributed by atoms with E-state index in [1.807, 2.05) is 30.3 Å². The fourth-order valence-electron chi connectivity index (χ4n) is 1.65. The van der Waals surface area contributed by atoms with Crippen LogP contribution in [-0.4, -0.2) is 38.5 Å². The summed E-state index contributed by atoms with van der Waals surface area (Å²) in [5.41, 5.74) is 0.695. The van der Waals surface area contributed by atoms with Crippen molar-refractivity contribution in [1.82, 2.24) is 16.0 Å². The maximum atomic E-state index is 11.8. The largest absolute Gasteiger partial charge is 0.356 e. The van der Waals surface area contributed by atoms with Crippen LogP contribution in [0.25, 0.3) is 0 Å². The van der Waals surface area contributed by atoms with Crippen LogP contribution in [0.15, 0.2) is 35.3 Å². The molecule has 0 atom stereocenters. The molecule has 6 heteroatoms. The number of halogens is 1. The third-order valence-corrected chi connectivity index (χ3v) is 2.73. The Labute approximate surface area is 144 Å². The Bertz CT molecular complexity index is 423. The Kier molecular flexibility index (Phi) is 11.7. The zero-order chi connectivity index (χ0) is 14.6. The number of carbonyl (C=O) groups is 1. The lowest BCUT2D eigenvalue weighted by molar-refractivity contribution is 0.0953. The molecule has 1 aromatic rings. The van der Waals surface area contributed by atoms with Crippen molar-refractivity contribution < 1.29 is 4.79 Å². The summed E-state index contributed by atoms with van der Waals surface area (Å²) in [7, 11) is 1.75. The molecule has 0 bridgehead atoms. The van der Waals surface area contributed by atoms with Gasteiger partial charge in [-0.3, -0.25) is 9.79 Å². The molecular weight excluding hydrogens is 379 g/mol. The number of carbonyl (C=O) groups excluding carboxylic acids is 1. The van der Waals surface area contributed by atoms with Gasteiger partial charge in [-0.15, -0.1) is 24.0 Å². The minimum absolute atomic E-state index is 0. The number of benzene rings is 1. The molecule has 1 aromatic carbocycles. The number of aliphatic imine (C=N–C) groups is 1. The third-order valence-electron chi connectivity index (χ3n) is 2.73. The van der Waals surface area contributed by atoms with Gasteiger partial charge in [0, 0.05) is 32.2 Å². The first-order chi connectivity index (χ1) is 9.77. The summed E-state index contributed by atoms with van der Waals surface area (Å²) in [4.78, 5) is 15.9. The topological polar surface area (TPSA) is 65.5 Å². The number of guanidine groups is 1. The van der Waals surface area contributed by atoms with Gasteiger partial charge in [0.2, 0.25) is 0 Å². The zero-order valence-electron chi connectivity index (χ0n) is 12.7. The number of nitrogens with one attached hydrogen (secondary N) is 3. The van der Waals surface area contributed by atoms with Gasteiger partial charge in [0.15, 0.2) is 5.96 Å². The highest BCUT2D eigenvalue weighted by molar-refractivity contribution is 14.0. The Morgan fingerprint density at radius 3 is 2.29 bits per heavy atom. The molecule has 0 aliphatic rings. The van der Waals surface area contributed by atoms with Gasteiger partial charge in [0.05, 0.1) is 0 Å². The van der Waals surface area contributed by atoms with E-state index in [0.29, 0.717) is 12.1 Å². The average molecular weight is 404 g/mol. The molecule has 0 spiro atoms. The van der Waals surface area contributed by atoms with Crippen molar-refractivity contribution in [2.45, 2.75) is 19.8 Å². The Morgan fingerprint density at radius 1 is 1.05 bits per heavy atom. The minimum Gasteiger partial charge on any atom is -0.356 e. The summed E-state index contributed by atoms with van der Waals surface area (Å²) < 4.78 is 0. The van der Waals surface area contributed by atoms with Gasteiger partial charge >= 0.3 is 0 Å². The van der Waals surface area contributed by atoms with Gasteiger partial charge in [-0.1, -0.05) is 25.1 Å². The van der Waals surface area contributed by atoms with E-state index in [1.165, 1.54) is 0 Å². The second-order valence-electron chi connectivity index (χ2n) is 4.40. The van der Waals surface area contributed by atoms with Crippen molar-refractivity contribution in [3.05, 3.63) is 35.9 Å². The normalized spacial score (nSPS) is 10.5. The molecule has 0 aliphatic carbocycles. The first-order valence-corrected chi connectivity index (χ1v) is 7.05. The van der Waals surface area contributed by atoms with Crippen LogP contribution >= 0.6 is 24.0 Å². The van der Waals surface area contributed by atoms with Crippen LogP contribution < -0.4 is 16.0 Å². The molecule has 0 aromatic heterocycles.